The van der Waals surface area contributed by atoms with Gasteiger partial charge in [-0.15, -0.1) is 0 Å². The molecule has 6 heteroatoms. The standard InChI is InChI=1S/C18H16F2N2O2/c1-12(23)22-16-6-2-13(3-7-16)4-9-18(24)21-11-14-10-15(19)5-8-17(14)20/h2-10H,11H2,1H3,(H,21,24)(H,22,23)/b9-4-. The van der Waals surface area contributed by atoms with Crippen molar-refractivity contribution in [2.45, 2.75) is 13.5 Å². The van der Waals surface area contributed by atoms with Gasteiger partial charge in [0.15, 0.2) is 0 Å². The Morgan fingerprint density at radius 1 is 1.08 bits per heavy atom. The lowest BCUT2D eigenvalue weighted by atomic mass is 10.2. The number of carbonyl (C=O) groups is 2. The lowest BCUT2D eigenvalue weighted by molar-refractivity contribution is -0.116. The van der Waals surface area contributed by atoms with Crippen LogP contribution in [0.25, 0.3) is 6.08 Å². The molecule has 0 spiro atoms. The zero-order chi connectivity index (χ0) is 17.5. The van der Waals surface area contributed by atoms with Gasteiger partial charge in [-0.05, 0) is 42.0 Å². The molecular weight excluding hydrogens is 314 g/mol. The van der Waals surface area contributed by atoms with Gasteiger partial charge in [0.25, 0.3) is 0 Å². The molecule has 0 aliphatic heterocycles. The average Bonchev–Trinajstić information content (AvgIpc) is 2.54. The first-order valence-electron chi connectivity index (χ1n) is 7.21. The predicted molar refractivity (Wildman–Crippen MR) is 88.0 cm³/mol. The van der Waals surface area contributed by atoms with E-state index in [0.717, 1.165) is 23.8 Å². The summed E-state index contributed by atoms with van der Waals surface area (Å²) in [6, 6.07) is 9.97. The lowest BCUT2D eigenvalue weighted by Gasteiger charge is -2.04. The Bertz CT molecular complexity index is 771. The number of benzene rings is 2. The summed E-state index contributed by atoms with van der Waals surface area (Å²) in [6.07, 6.45) is 2.87. The fourth-order valence-corrected chi connectivity index (χ4v) is 1.97. The first kappa shape index (κ1) is 17.3. The SMILES string of the molecule is CC(=O)Nc1ccc(/C=C\C(=O)NCc2cc(F)ccc2F)cc1. The minimum atomic E-state index is -0.575. The van der Waals surface area contributed by atoms with Crippen LogP contribution in [0, 0.1) is 11.6 Å². The number of halogens is 2. The van der Waals surface area contributed by atoms with Crippen LogP contribution < -0.4 is 10.6 Å². The molecule has 0 unspecified atom stereocenters. The molecule has 4 nitrogen and oxygen atoms in total. The van der Waals surface area contributed by atoms with Crippen LogP contribution in [0.3, 0.4) is 0 Å². The Hall–Kier alpha value is -3.02. The highest BCUT2D eigenvalue weighted by atomic mass is 19.1. The molecule has 0 bridgehead atoms. The van der Waals surface area contributed by atoms with Crippen molar-refractivity contribution in [1.82, 2.24) is 5.32 Å². The summed E-state index contributed by atoms with van der Waals surface area (Å²) in [5.41, 5.74) is 1.50. The fourth-order valence-electron chi connectivity index (χ4n) is 1.97. The van der Waals surface area contributed by atoms with Gasteiger partial charge in [-0.3, -0.25) is 9.59 Å². The predicted octanol–water partition coefficient (Wildman–Crippen LogP) is 3.25. The van der Waals surface area contributed by atoms with Gasteiger partial charge in [0.1, 0.15) is 11.6 Å². The summed E-state index contributed by atoms with van der Waals surface area (Å²) < 4.78 is 26.5. The molecule has 0 fully saturated rings. The summed E-state index contributed by atoms with van der Waals surface area (Å²) in [4.78, 5) is 22.6. The van der Waals surface area contributed by atoms with Gasteiger partial charge in [-0.1, -0.05) is 12.1 Å². The Labute approximate surface area is 138 Å². The van der Waals surface area contributed by atoms with Crippen molar-refractivity contribution in [1.29, 1.82) is 0 Å². The zero-order valence-corrected chi connectivity index (χ0v) is 13.0. The number of nitrogens with one attached hydrogen (secondary N) is 2. The molecule has 0 atom stereocenters. The Balaban J connectivity index is 1.90. The van der Waals surface area contributed by atoms with Crippen LogP contribution in [0.4, 0.5) is 14.5 Å². The second-order valence-corrected chi connectivity index (χ2v) is 5.09. The van der Waals surface area contributed by atoms with E-state index in [1.54, 1.807) is 30.3 Å². The number of amides is 2. The molecule has 2 amide bonds. The molecule has 2 aromatic carbocycles. The maximum atomic E-state index is 13.4. The first-order chi connectivity index (χ1) is 11.4. The highest BCUT2D eigenvalue weighted by Gasteiger charge is 2.04. The number of rotatable bonds is 5. The van der Waals surface area contributed by atoms with E-state index in [1.165, 1.54) is 13.0 Å². The van der Waals surface area contributed by atoms with E-state index in [9.17, 15) is 18.4 Å². The van der Waals surface area contributed by atoms with E-state index in [4.69, 9.17) is 0 Å². The summed E-state index contributed by atoms with van der Waals surface area (Å²) in [7, 11) is 0. The largest absolute Gasteiger partial charge is 0.348 e. The molecule has 124 valence electrons. The van der Waals surface area contributed by atoms with Crippen molar-refractivity contribution in [3.05, 3.63) is 71.3 Å². The van der Waals surface area contributed by atoms with Crippen molar-refractivity contribution in [2.24, 2.45) is 0 Å². The molecule has 0 radical (unpaired) electrons. The van der Waals surface area contributed by atoms with Crippen LogP contribution in [0.1, 0.15) is 18.1 Å². The van der Waals surface area contributed by atoms with E-state index >= 15 is 0 Å². The van der Waals surface area contributed by atoms with E-state index in [-0.39, 0.29) is 18.0 Å². The molecule has 2 aromatic rings. The van der Waals surface area contributed by atoms with Crippen LogP contribution in [0.15, 0.2) is 48.5 Å². The van der Waals surface area contributed by atoms with Crippen LogP contribution >= 0.6 is 0 Å². The normalized spacial score (nSPS) is 10.6. The van der Waals surface area contributed by atoms with Gasteiger partial charge in [-0.2, -0.15) is 0 Å². The van der Waals surface area contributed by atoms with Crippen molar-refractivity contribution < 1.29 is 18.4 Å². The van der Waals surface area contributed by atoms with E-state index in [2.05, 4.69) is 10.6 Å². The fraction of sp³-hybridized carbons (Fsp3) is 0.111. The third-order valence-corrected chi connectivity index (χ3v) is 3.12. The van der Waals surface area contributed by atoms with Crippen molar-refractivity contribution in [2.75, 3.05) is 5.32 Å². The molecule has 0 heterocycles. The molecule has 0 aromatic heterocycles. The summed E-state index contributed by atoms with van der Waals surface area (Å²) in [6.45, 7) is 1.31. The van der Waals surface area contributed by atoms with Gasteiger partial charge in [0, 0.05) is 30.8 Å². The maximum absolute atomic E-state index is 13.4. The lowest BCUT2D eigenvalue weighted by Crippen LogP contribution is -2.21. The number of hydrogen-bond donors (Lipinski definition) is 2. The summed E-state index contributed by atoms with van der Waals surface area (Å²) >= 11 is 0. The molecule has 0 aliphatic carbocycles. The van der Waals surface area contributed by atoms with Gasteiger partial charge in [-0.25, -0.2) is 8.78 Å². The molecule has 2 rings (SSSR count). The van der Waals surface area contributed by atoms with Crippen LogP contribution in [-0.4, -0.2) is 11.8 Å². The summed E-state index contributed by atoms with van der Waals surface area (Å²) in [5.74, 6) is -1.73. The number of carbonyl (C=O) groups excluding carboxylic acids is 2. The van der Waals surface area contributed by atoms with Crippen molar-refractivity contribution in [3.63, 3.8) is 0 Å². The minimum Gasteiger partial charge on any atom is -0.348 e. The van der Waals surface area contributed by atoms with Crippen LogP contribution in [0.5, 0.6) is 0 Å². The van der Waals surface area contributed by atoms with E-state index in [0.29, 0.717) is 5.69 Å². The molecule has 0 saturated carbocycles. The Morgan fingerprint density at radius 3 is 2.46 bits per heavy atom. The van der Waals surface area contributed by atoms with Crippen molar-refractivity contribution in [3.8, 4) is 0 Å². The topological polar surface area (TPSA) is 58.2 Å². The molecule has 0 saturated heterocycles. The Kier molecular flexibility index (Phi) is 5.78. The second kappa shape index (κ2) is 8.01. The molecule has 0 aliphatic rings. The van der Waals surface area contributed by atoms with Crippen LogP contribution in [-0.2, 0) is 16.1 Å². The van der Waals surface area contributed by atoms with Gasteiger partial charge >= 0.3 is 0 Å². The quantitative estimate of drug-likeness (QED) is 0.827. The highest BCUT2D eigenvalue weighted by molar-refractivity contribution is 5.92. The van der Waals surface area contributed by atoms with Crippen LogP contribution in [0.2, 0.25) is 0 Å². The van der Waals surface area contributed by atoms with Gasteiger partial charge < -0.3 is 10.6 Å². The number of hydrogen-bond acceptors (Lipinski definition) is 2. The van der Waals surface area contributed by atoms with Gasteiger partial charge in [0.2, 0.25) is 11.8 Å². The van der Waals surface area contributed by atoms with E-state index < -0.39 is 17.5 Å². The van der Waals surface area contributed by atoms with Crippen molar-refractivity contribution >= 4 is 23.6 Å². The zero-order valence-electron chi connectivity index (χ0n) is 13.0. The molecule has 24 heavy (non-hydrogen) atoms. The molecular formula is C18H16F2N2O2. The minimum absolute atomic E-state index is 0.0800. The average molecular weight is 330 g/mol. The smallest absolute Gasteiger partial charge is 0.244 e. The summed E-state index contributed by atoms with van der Waals surface area (Å²) in [5, 5.41) is 5.12. The monoisotopic (exact) mass is 330 g/mol. The highest BCUT2D eigenvalue weighted by Crippen LogP contribution is 2.11. The van der Waals surface area contributed by atoms with Gasteiger partial charge in [0.05, 0.1) is 0 Å². The third-order valence-electron chi connectivity index (χ3n) is 3.12. The molecule has 2 N–H and O–H groups in total. The Morgan fingerprint density at radius 2 is 1.79 bits per heavy atom. The first-order valence-corrected chi connectivity index (χ1v) is 7.21. The maximum Gasteiger partial charge on any atom is 0.244 e. The number of anilines is 1. The second-order valence-electron chi connectivity index (χ2n) is 5.09. The van der Waals surface area contributed by atoms with E-state index in [1.807, 2.05) is 0 Å². The third kappa shape index (κ3) is 5.31.